The minimum absolute atomic E-state index is 0.417. The van der Waals surface area contributed by atoms with Gasteiger partial charge in [-0.1, -0.05) is 6.07 Å². The van der Waals surface area contributed by atoms with Gasteiger partial charge < -0.3 is 10.4 Å². The predicted molar refractivity (Wildman–Crippen MR) is 68.2 cm³/mol. The van der Waals surface area contributed by atoms with Crippen molar-refractivity contribution in [1.29, 1.82) is 0 Å². The lowest BCUT2D eigenvalue weighted by atomic mass is 10.1. The van der Waals surface area contributed by atoms with Crippen LogP contribution in [0.15, 0.2) is 23.6 Å². The molecule has 0 spiro atoms. The first-order valence-electron chi connectivity index (χ1n) is 5.76. The molecule has 16 heavy (non-hydrogen) atoms. The average Bonchev–Trinajstić information content (AvgIpc) is 3.00. The highest BCUT2D eigenvalue weighted by Gasteiger charge is 2.19. The SMILES string of the molecule is Oc1cccc2scc(CCNC3CC3)c12. The molecule has 84 valence electrons. The van der Waals surface area contributed by atoms with E-state index in [2.05, 4.69) is 16.8 Å². The molecule has 0 aliphatic heterocycles. The Bertz CT molecular complexity index is 502. The van der Waals surface area contributed by atoms with Crippen LogP contribution in [0.1, 0.15) is 18.4 Å². The molecule has 1 fully saturated rings. The molecule has 0 radical (unpaired) electrons. The Morgan fingerprint density at radius 2 is 2.25 bits per heavy atom. The van der Waals surface area contributed by atoms with Crippen LogP contribution >= 0.6 is 11.3 Å². The topological polar surface area (TPSA) is 32.3 Å². The summed E-state index contributed by atoms with van der Waals surface area (Å²) in [4.78, 5) is 0. The number of fused-ring (bicyclic) bond motifs is 1. The number of phenols is 1. The van der Waals surface area contributed by atoms with Crippen molar-refractivity contribution < 1.29 is 5.11 Å². The van der Waals surface area contributed by atoms with Gasteiger partial charge in [-0.15, -0.1) is 11.3 Å². The summed E-state index contributed by atoms with van der Waals surface area (Å²) in [6.07, 6.45) is 3.67. The maximum absolute atomic E-state index is 9.85. The quantitative estimate of drug-likeness (QED) is 0.851. The van der Waals surface area contributed by atoms with Crippen LogP contribution in [0.4, 0.5) is 0 Å². The number of phenolic OH excluding ortho intramolecular Hbond substituents is 1. The first-order chi connectivity index (χ1) is 7.84. The second kappa shape index (κ2) is 4.07. The zero-order valence-electron chi connectivity index (χ0n) is 9.07. The molecular formula is C13H15NOS. The summed E-state index contributed by atoms with van der Waals surface area (Å²) in [6.45, 7) is 1.02. The van der Waals surface area contributed by atoms with E-state index in [1.54, 1.807) is 17.4 Å². The van der Waals surface area contributed by atoms with Gasteiger partial charge in [0, 0.05) is 16.1 Å². The Hall–Kier alpha value is -1.06. The van der Waals surface area contributed by atoms with E-state index in [-0.39, 0.29) is 0 Å². The molecule has 1 aliphatic rings. The van der Waals surface area contributed by atoms with E-state index in [1.807, 2.05) is 6.07 Å². The number of aromatic hydroxyl groups is 1. The summed E-state index contributed by atoms with van der Waals surface area (Å²) in [5.41, 5.74) is 1.27. The minimum atomic E-state index is 0.417. The van der Waals surface area contributed by atoms with E-state index in [4.69, 9.17) is 0 Å². The fraction of sp³-hybridized carbons (Fsp3) is 0.385. The highest BCUT2D eigenvalue weighted by atomic mass is 32.1. The van der Waals surface area contributed by atoms with Gasteiger partial charge in [0.05, 0.1) is 0 Å². The van der Waals surface area contributed by atoms with Crippen molar-refractivity contribution in [3.8, 4) is 5.75 Å². The predicted octanol–water partition coefficient (Wildman–Crippen LogP) is 2.90. The molecule has 1 aliphatic carbocycles. The highest BCUT2D eigenvalue weighted by molar-refractivity contribution is 7.17. The lowest BCUT2D eigenvalue weighted by Gasteiger charge is -2.03. The summed E-state index contributed by atoms with van der Waals surface area (Å²) in [5, 5.41) is 16.6. The summed E-state index contributed by atoms with van der Waals surface area (Å²) >= 11 is 1.71. The molecule has 0 saturated heterocycles. The molecule has 0 bridgehead atoms. The maximum Gasteiger partial charge on any atom is 0.124 e. The second-order valence-electron chi connectivity index (χ2n) is 4.39. The van der Waals surface area contributed by atoms with E-state index in [9.17, 15) is 5.11 Å². The lowest BCUT2D eigenvalue weighted by Crippen LogP contribution is -2.19. The molecule has 2 N–H and O–H groups in total. The summed E-state index contributed by atoms with van der Waals surface area (Å²) in [5.74, 6) is 0.417. The van der Waals surface area contributed by atoms with Crippen molar-refractivity contribution in [2.24, 2.45) is 0 Å². The number of hydrogen-bond acceptors (Lipinski definition) is 3. The van der Waals surface area contributed by atoms with E-state index in [0.717, 1.165) is 24.4 Å². The lowest BCUT2D eigenvalue weighted by molar-refractivity contribution is 0.481. The summed E-state index contributed by atoms with van der Waals surface area (Å²) in [6, 6.07) is 6.50. The highest BCUT2D eigenvalue weighted by Crippen LogP contribution is 2.33. The normalized spacial score (nSPS) is 15.8. The average molecular weight is 233 g/mol. The van der Waals surface area contributed by atoms with Crippen molar-refractivity contribution in [3.05, 3.63) is 29.1 Å². The van der Waals surface area contributed by atoms with Gasteiger partial charge in [0.1, 0.15) is 5.75 Å². The standard InChI is InChI=1S/C13H15NOS/c15-11-2-1-3-12-13(11)9(8-16-12)6-7-14-10-4-5-10/h1-3,8,10,14-15H,4-7H2. The minimum Gasteiger partial charge on any atom is -0.507 e. The van der Waals surface area contributed by atoms with Crippen LogP contribution in [0.5, 0.6) is 5.75 Å². The van der Waals surface area contributed by atoms with Gasteiger partial charge in [-0.05, 0) is 48.9 Å². The molecule has 2 nitrogen and oxygen atoms in total. The molecule has 2 aromatic rings. The van der Waals surface area contributed by atoms with E-state index in [1.165, 1.54) is 23.1 Å². The monoisotopic (exact) mass is 233 g/mol. The smallest absolute Gasteiger partial charge is 0.124 e. The summed E-state index contributed by atoms with van der Waals surface area (Å²) in [7, 11) is 0. The molecule has 1 heterocycles. The zero-order valence-corrected chi connectivity index (χ0v) is 9.89. The third kappa shape index (κ3) is 1.93. The van der Waals surface area contributed by atoms with Crippen molar-refractivity contribution in [1.82, 2.24) is 5.32 Å². The van der Waals surface area contributed by atoms with Crippen LogP contribution in [0.3, 0.4) is 0 Å². The fourth-order valence-corrected chi connectivity index (χ4v) is 3.03. The maximum atomic E-state index is 9.85. The molecule has 0 atom stereocenters. The van der Waals surface area contributed by atoms with Crippen molar-refractivity contribution in [2.75, 3.05) is 6.54 Å². The molecule has 0 unspecified atom stereocenters. The largest absolute Gasteiger partial charge is 0.507 e. The number of thiophene rings is 1. The van der Waals surface area contributed by atoms with Gasteiger partial charge in [-0.2, -0.15) is 0 Å². The van der Waals surface area contributed by atoms with Crippen LogP contribution in [0.25, 0.3) is 10.1 Å². The Morgan fingerprint density at radius 1 is 1.38 bits per heavy atom. The second-order valence-corrected chi connectivity index (χ2v) is 5.30. The van der Waals surface area contributed by atoms with Gasteiger partial charge in [-0.3, -0.25) is 0 Å². The van der Waals surface area contributed by atoms with Crippen molar-refractivity contribution in [3.63, 3.8) is 0 Å². The molecule has 3 rings (SSSR count). The van der Waals surface area contributed by atoms with Gasteiger partial charge in [-0.25, -0.2) is 0 Å². The molecule has 0 amide bonds. The Kier molecular flexibility index (Phi) is 2.58. The third-order valence-corrected chi connectivity index (χ3v) is 4.05. The molecule has 1 aromatic carbocycles. The Balaban J connectivity index is 1.79. The van der Waals surface area contributed by atoms with Crippen LogP contribution in [0, 0.1) is 0 Å². The first kappa shape index (κ1) is 10.1. The van der Waals surface area contributed by atoms with Crippen LogP contribution in [-0.4, -0.2) is 17.7 Å². The Labute approximate surface area is 98.9 Å². The van der Waals surface area contributed by atoms with Crippen LogP contribution in [0.2, 0.25) is 0 Å². The first-order valence-corrected chi connectivity index (χ1v) is 6.64. The molecule has 1 saturated carbocycles. The van der Waals surface area contributed by atoms with Crippen LogP contribution in [-0.2, 0) is 6.42 Å². The van der Waals surface area contributed by atoms with E-state index < -0.39 is 0 Å². The number of hydrogen-bond donors (Lipinski definition) is 2. The fourth-order valence-electron chi connectivity index (χ4n) is 2.02. The van der Waals surface area contributed by atoms with Gasteiger partial charge >= 0.3 is 0 Å². The van der Waals surface area contributed by atoms with E-state index in [0.29, 0.717) is 5.75 Å². The third-order valence-electron chi connectivity index (χ3n) is 3.06. The van der Waals surface area contributed by atoms with Gasteiger partial charge in [0.25, 0.3) is 0 Å². The van der Waals surface area contributed by atoms with Gasteiger partial charge in [0.2, 0.25) is 0 Å². The Morgan fingerprint density at radius 3 is 3.06 bits per heavy atom. The van der Waals surface area contributed by atoms with Crippen LogP contribution < -0.4 is 5.32 Å². The summed E-state index contributed by atoms with van der Waals surface area (Å²) < 4.78 is 1.18. The number of benzene rings is 1. The molecule has 1 aromatic heterocycles. The van der Waals surface area contributed by atoms with Crippen molar-refractivity contribution in [2.45, 2.75) is 25.3 Å². The molecule has 3 heteroatoms. The molecular weight excluding hydrogens is 218 g/mol. The number of nitrogens with one attached hydrogen (secondary N) is 1. The van der Waals surface area contributed by atoms with Gasteiger partial charge in [0.15, 0.2) is 0 Å². The zero-order chi connectivity index (χ0) is 11.0. The number of rotatable bonds is 4. The van der Waals surface area contributed by atoms with Crippen molar-refractivity contribution >= 4 is 21.4 Å². The van der Waals surface area contributed by atoms with E-state index >= 15 is 0 Å².